The number of esters is 1. The van der Waals surface area contributed by atoms with Crippen molar-refractivity contribution in [2.24, 2.45) is 23.2 Å². The van der Waals surface area contributed by atoms with Gasteiger partial charge < -0.3 is 4.74 Å². The zero-order valence-corrected chi connectivity index (χ0v) is 13.2. The number of hydrogen-bond donors (Lipinski definition) is 0. The molecule has 0 aromatic heterocycles. The largest absolute Gasteiger partial charge is 0.455 e. The number of carbonyl (C=O) groups excluding carboxylic acids is 1. The van der Waals surface area contributed by atoms with Gasteiger partial charge in [0.05, 0.1) is 0 Å². The summed E-state index contributed by atoms with van der Waals surface area (Å²) in [5, 5.41) is 0. The Balaban J connectivity index is 1.85. The topological polar surface area (TPSA) is 26.3 Å². The molecule has 0 heterocycles. The van der Waals surface area contributed by atoms with Gasteiger partial charge in [0.1, 0.15) is 5.60 Å². The third kappa shape index (κ3) is 2.31. The number of hydrogen-bond acceptors (Lipinski definition) is 2. The van der Waals surface area contributed by atoms with Crippen molar-refractivity contribution in [3.8, 4) is 0 Å². The lowest BCUT2D eigenvalue weighted by atomic mass is 9.73. The minimum absolute atomic E-state index is 0.175. The Morgan fingerprint density at radius 2 is 1.95 bits per heavy atom. The van der Waals surface area contributed by atoms with E-state index in [2.05, 4.69) is 20.4 Å². The van der Waals surface area contributed by atoms with Crippen LogP contribution in [-0.4, -0.2) is 11.6 Å². The molecule has 3 aliphatic rings. The molecule has 0 amide bonds. The monoisotopic (exact) mass is 276 g/mol. The average Bonchev–Trinajstić information content (AvgIpc) is 3.03. The van der Waals surface area contributed by atoms with Crippen LogP contribution in [0.1, 0.15) is 65.7 Å². The molecule has 20 heavy (non-hydrogen) atoms. The van der Waals surface area contributed by atoms with Gasteiger partial charge in [-0.3, -0.25) is 0 Å². The summed E-state index contributed by atoms with van der Waals surface area (Å²) in [4.78, 5) is 12.2. The SMILES string of the molecule is C=C(C)C(=O)OC1(C2CC3CCC2C3)CCC(C)(C)C1. The fraction of sp³-hybridized carbons (Fsp3) is 0.833. The molecule has 2 heteroatoms. The lowest BCUT2D eigenvalue weighted by Gasteiger charge is -2.40. The van der Waals surface area contributed by atoms with Gasteiger partial charge in [-0.1, -0.05) is 26.8 Å². The summed E-state index contributed by atoms with van der Waals surface area (Å²) in [5.41, 5.74) is 0.647. The van der Waals surface area contributed by atoms with E-state index >= 15 is 0 Å². The van der Waals surface area contributed by atoms with Gasteiger partial charge in [0.25, 0.3) is 0 Å². The summed E-state index contributed by atoms with van der Waals surface area (Å²) in [6, 6.07) is 0. The average molecular weight is 276 g/mol. The Hall–Kier alpha value is -0.790. The van der Waals surface area contributed by atoms with Crippen LogP contribution < -0.4 is 0 Å². The molecule has 3 saturated carbocycles. The fourth-order valence-corrected chi connectivity index (χ4v) is 5.18. The molecule has 2 bridgehead atoms. The molecule has 4 unspecified atom stereocenters. The standard InChI is InChI=1S/C18H28O2/c1-12(2)16(19)20-18(8-7-17(3,4)11-18)15-10-13-5-6-14(15)9-13/h13-15H,1,5-11H2,2-4H3. The van der Waals surface area contributed by atoms with Crippen LogP contribution in [0.4, 0.5) is 0 Å². The highest BCUT2D eigenvalue weighted by Gasteiger charge is 2.57. The predicted molar refractivity (Wildman–Crippen MR) is 80.2 cm³/mol. The van der Waals surface area contributed by atoms with E-state index in [0.29, 0.717) is 16.9 Å². The first-order valence-corrected chi connectivity index (χ1v) is 8.20. The second-order valence-electron chi connectivity index (χ2n) is 8.36. The van der Waals surface area contributed by atoms with E-state index in [-0.39, 0.29) is 11.6 Å². The smallest absolute Gasteiger partial charge is 0.333 e. The molecule has 0 radical (unpaired) electrons. The molecule has 3 rings (SSSR count). The summed E-state index contributed by atoms with van der Waals surface area (Å²) in [7, 11) is 0. The highest BCUT2D eigenvalue weighted by molar-refractivity contribution is 5.87. The van der Waals surface area contributed by atoms with Gasteiger partial charge in [0.2, 0.25) is 0 Å². The predicted octanol–water partition coefficient (Wildman–Crippen LogP) is 4.49. The van der Waals surface area contributed by atoms with Crippen molar-refractivity contribution in [2.75, 3.05) is 0 Å². The lowest BCUT2D eigenvalue weighted by Crippen LogP contribution is -2.43. The minimum Gasteiger partial charge on any atom is -0.455 e. The molecule has 3 aliphatic carbocycles. The molecule has 0 N–H and O–H groups in total. The van der Waals surface area contributed by atoms with Crippen LogP contribution in [0, 0.1) is 23.2 Å². The van der Waals surface area contributed by atoms with E-state index in [1.165, 1.54) is 32.1 Å². The van der Waals surface area contributed by atoms with Crippen molar-refractivity contribution in [2.45, 2.75) is 71.3 Å². The zero-order valence-electron chi connectivity index (χ0n) is 13.2. The molecular formula is C18H28O2. The summed E-state index contributed by atoms with van der Waals surface area (Å²) in [6.07, 6.45) is 8.66. The van der Waals surface area contributed by atoms with Crippen molar-refractivity contribution in [3.63, 3.8) is 0 Å². The van der Waals surface area contributed by atoms with Gasteiger partial charge in [0.15, 0.2) is 0 Å². The van der Waals surface area contributed by atoms with Crippen LogP contribution in [-0.2, 0) is 9.53 Å². The maximum atomic E-state index is 12.2. The molecule has 0 spiro atoms. The van der Waals surface area contributed by atoms with E-state index in [4.69, 9.17) is 4.74 Å². The summed E-state index contributed by atoms with van der Waals surface area (Å²) >= 11 is 0. The van der Waals surface area contributed by atoms with Gasteiger partial charge in [-0.15, -0.1) is 0 Å². The van der Waals surface area contributed by atoms with Crippen LogP contribution in [0.3, 0.4) is 0 Å². The minimum atomic E-state index is -0.195. The van der Waals surface area contributed by atoms with E-state index in [1.54, 1.807) is 6.92 Å². The lowest BCUT2D eigenvalue weighted by molar-refractivity contribution is -0.164. The summed E-state index contributed by atoms with van der Waals surface area (Å²) in [6.45, 7) is 10.2. The summed E-state index contributed by atoms with van der Waals surface area (Å²) < 4.78 is 6.09. The van der Waals surface area contributed by atoms with Gasteiger partial charge in [-0.2, -0.15) is 0 Å². The maximum Gasteiger partial charge on any atom is 0.333 e. The van der Waals surface area contributed by atoms with Crippen LogP contribution in [0.5, 0.6) is 0 Å². The van der Waals surface area contributed by atoms with E-state index in [0.717, 1.165) is 24.7 Å². The molecule has 0 saturated heterocycles. The van der Waals surface area contributed by atoms with Gasteiger partial charge in [-0.25, -0.2) is 4.79 Å². The van der Waals surface area contributed by atoms with Crippen molar-refractivity contribution in [3.05, 3.63) is 12.2 Å². The maximum absolute atomic E-state index is 12.2. The molecule has 0 aromatic rings. The van der Waals surface area contributed by atoms with Crippen molar-refractivity contribution < 1.29 is 9.53 Å². The Morgan fingerprint density at radius 3 is 2.40 bits per heavy atom. The number of fused-ring (bicyclic) bond motifs is 2. The Kier molecular flexibility index (Phi) is 3.26. The third-order valence-electron chi connectivity index (χ3n) is 6.06. The Labute approximate surface area is 123 Å². The van der Waals surface area contributed by atoms with Crippen molar-refractivity contribution >= 4 is 5.97 Å². The number of rotatable bonds is 3. The molecule has 0 aliphatic heterocycles. The highest BCUT2D eigenvalue weighted by atomic mass is 16.6. The first-order chi connectivity index (χ1) is 9.31. The van der Waals surface area contributed by atoms with Gasteiger partial charge in [0, 0.05) is 11.5 Å². The first kappa shape index (κ1) is 14.2. The van der Waals surface area contributed by atoms with Gasteiger partial charge in [-0.05, 0) is 62.7 Å². The highest BCUT2D eigenvalue weighted by Crippen LogP contribution is 2.59. The Morgan fingerprint density at radius 1 is 1.20 bits per heavy atom. The Bertz CT molecular complexity index is 437. The van der Waals surface area contributed by atoms with Crippen LogP contribution in [0.2, 0.25) is 0 Å². The molecule has 3 fully saturated rings. The normalized spacial score (nSPS) is 41.9. The quantitative estimate of drug-likeness (QED) is 0.561. The zero-order chi connectivity index (χ0) is 14.5. The molecule has 4 atom stereocenters. The second kappa shape index (κ2) is 4.61. The van der Waals surface area contributed by atoms with Crippen LogP contribution in [0.15, 0.2) is 12.2 Å². The van der Waals surface area contributed by atoms with Crippen molar-refractivity contribution in [1.82, 2.24) is 0 Å². The molecule has 0 aromatic carbocycles. The molecular weight excluding hydrogens is 248 g/mol. The van der Waals surface area contributed by atoms with E-state index in [9.17, 15) is 4.79 Å². The van der Waals surface area contributed by atoms with Crippen molar-refractivity contribution in [1.29, 1.82) is 0 Å². The summed E-state index contributed by atoms with van der Waals surface area (Å²) in [5.74, 6) is 2.12. The fourth-order valence-electron chi connectivity index (χ4n) is 5.18. The van der Waals surface area contributed by atoms with E-state index < -0.39 is 0 Å². The second-order valence-corrected chi connectivity index (χ2v) is 8.36. The van der Waals surface area contributed by atoms with Gasteiger partial charge >= 0.3 is 5.97 Å². The number of ether oxygens (including phenoxy) is 1. The first-order valence-electron chi connectivity index (χ1n) is 8.20. The number of carbonyl (C=O) groups is 1. The van der Waals surface area contributed by atoms with Crippen LogP contribution >= 0.6 is 0 Å². The molecule has 2 nitrogen and oxygen atoms in total. The van der Waals surface area contributed by atoms with E-state index in [1.807, 2.05) is 0 Å². The third-order valence-corrected chi connectivity index (χ3v) is 6.06. The molecule has 112 valence electrons. The van der Waals surface area contributed by atoms with Crippen LogP contribution in [0.25, 0.3) is 0 Å².